The molecule has 2 nitrogen and oxygen atoms in total. The lowest BCUT2D eigenvalue weighted by Gasteiger charge is -2.23. The fraction of sp³-hybridized carbons (Fsp3) is 0.625. The van der Waals surface area contributed by atoms with Gasteiger partial charge in [0.25, 0.3) is 0 Å². The first-order valence-corrected chi connectivity index (χ1v) is 6.92. The van der Waals surface area contributed by atoms with Crippen molar-refractivity contribution in [2.75, 3.05) is 13.2 Å². The van der Waals surface area contributed by atoms with E-state index < -0.39 is 0 Å². The first-order chi connectivity index (χ1) is 8.56. The van der Waals surface area contributed by atoms with Crippen molar-refractivity contribution in [2.24, 2.45) is 5.92 Å². The van der Waals surface area contributed by atoms with Crippen molar-refractivity contribution < 1.29 is 4.74 Å². The maximum absolute atomic E-state index is 5.54. The molecule has 0 saturated heterocycles. The summed E-state index contributed by atoms with van der Waals surface area (Å²) >= 11 is 0. The van der Waals surface area contributed by atoms with Crippen molar-refractivity contribution in [2.45, 2.75) is 47.2 Å². The standard InChI is InChI=1S/C16H27NO/c1-6-18-11-16(12(2)3)17-10-15-13(4)8-7-9-14(15)5/h7-9,12,16-17H,6,10-11H2,1-5H3. The quantitative estimate of drug-likeness (QED) is 0.799. The molecule has 1 unspecified atom stereocenters. The summed E-state index contributed by atoms with van der Waals surface area (Å²) in [5.74, 6) is 0.584. The van der Waals surface area contributed by atoms with E-state index in [0.29, 0.717) is 12.0 Å². The summed E-state index contributed by atoms with van der Waals surface area (Å²) in [5.41, 5.74) is 4.14. The zero-order valence-electron chi connectivity index (χ0n) is 12.4. The SMILES string of the molecule is CCOCC(NCc1c(C)cccc1C)C(C)C. The molecule has 0 saturated carbocycles. The molecule has 0 heterocycles. The van der Waals surface area contributed by atoms with E-state index in [1.165, 1.54) is 16.7 Å². The fourth-order valence-electron chi connectivity index (χ4n) is 2.09. The molecule has 0 aliphatic carbocycles. The monoisotopic (exact) mass is 249 g/mol. The van der Waals surface area contributed by atoms with Gasteiger partial charge in [-0.3, -0.25) is 0 Å². The Bertz CT molecular complexity index is 340. The first kappa shape index (κ1) is 15.2. The summed E-state index contributed by atoms with van der Waals surface area (Å²) in [4.78, 5) is 0. The molecule has 1 N–H and O–H groups in total. The van der Waals surface area contributed by atoms with Gasteiger partial charge >= 0.3 is 0 Å². The van der Waals surface area contributed by atoms with Crippen molar-refractivity contribution in [1.82, 2.24) is 5.32 Å². The molecule has 1 aromatic rings. The average Bonchev–Trinajstić information content (AvgIpc) is 2.31. The van der Waals surface area contributed by atoms with Crippen molar-refractivity contribution in [3.63, 3.8) is 0 Å². The van der Waals surface area contributed by atoms with Crippen LogP contribution < -0.4 is 5.32 Å². The zero-order chi connectivity index (χ0) is 13.5. The van der Waals surface area contributed by atoms with Gasteiger partial charge < -0.3 is 10.1 Å². The van der Waals surface area contributed by atoms with Crippen LogP contribution in [-0.4, -0.2) is 19.3 Å². The van der Waals surface area contributed by atoms with Crippen LogP contribution in [0, 0.1) is 19.8 Å². The Balaban J connectivity index is 2.61. The van der Waals surface area contributed by atoms with Crippen LogP contribution in [0.15, 0.2) is 18.2 Å². The summed E-state index contributed by atoms with van der Waals surface area (Å²) < 4.78 is 5.54. The van der Waals surface area contributed by atoms with Crippen molar-refractivity contribution in [3.8, 4) is 0 Å². The lowest BCUT2D eigenvalue weighted by Crippen LogP contribution is -2.37. The van der Waals surface area contributed by atoms with Gasteiger partial charge in [0.1, 0.15) is 0 Å². The van der Waals surface area contributed by atoms with Gasteiger partial charge in [-0.15, -0.1) is 0 Å². The minimum Gasteiger partial charge on any atom is -0.380 e. The molecule has 0 bridgehead atoms. The third kappa shape index (κ3) is 4.43. The summed E-state index contributed by atoms with van der Waals surface area (Å²) in [6, 6.07) is 6.89. The predicted octanol–water partition coefficient (Wildman–Crippen LogP) is 3.45. The number of nitrogens with one attached hydrogen (secondary N) is 1. The largest absolute Gasteiger partial charge is 0.380 e. The molecule has 0 fully saturated rings. The third-order valence-corrected chi connectivity index (χ3v) is 3.49. The molecule has 0 aliphatic heterocycles. The summed E-state index contributed by atoms with van der Waals surface area (Å²) in [6.45, 7) is 13.4. The van der Waals surface area contributed by atoms with Gasteiger partial charge in [-0.2, -0.15) is 0 Å². The fourth-order valence-corrected chi connectivity index (χ4v) is 2.09. The molecule has 2 heteroatoms. The lowest BCUT2D eigenvalue weighted by molar-refractivity contribution is 0.108. The summed E-state index contributed by atoms with van der Waals surface area (Å²) in [5, 5.41) is 3.63. The second kappa shape index (κ2) is 7.55. The Morgan fingerprint density at radius 2 is 1.78 bits per heavy atom. The molecule has 0 aromatic heterocycles. The number of hydrogen-bond donors (Lipinski definition) is 1. The third-order valence-electron chi connectivity index (χ3n) is 3.49. The minimum atomic E-state index is 0.420. The molecule has 1 atom stereocenters. The van der Waals surface area contributed by atoms with E-state index >= 15 is 0 Å². The second-order valence-corrected chi connectivity index (χ2v) is 5.26. The predicted molar refractivity (Wildman–Crippen MR) is 77.9 cm³/mol. The Labute approximate surface area is 112 Å². The van der Waals surface area contributed by atoms with E-state index in [-0.39, 0.29) is 0 Å². The van der Waals surface area contributed by atoms with Crippen LogP contribution in [0.1, 0.15) is 37.5 Å². The van der Waals surface area contributed by atoms with Gasteiger partial charge in [-0.25, -0.2) is 0 Å². The molecule has 102 valence electrons. The molecule has 0 spiro atoms. The van der Waals surface area contributed by atoms with Gasteiger partial charge in [0.2, 0.25) is 0 Å². The van der Waals surface area contributed by atoms with Crippen LogP contribution in [-0.2, 0) is 11.3 Å². The Morgan fingerprint density at radius 1 is 1.17 bits per heavy atom. The molecule has 0 radical (unpaired) electrons. The molecule has 18 heavy (non-hydrogen) atoms. The van der Waals surface area contributed by atoms with E-state index in [4.69, 9.17) is 4.74 Å². The van der Waals surface area contributed by atoms with Gasteiger partial charge in [-0.05, 0) is 43.4 Å². The van der Waals surface area contributed by atoms with Crippen LogP contribution in [0.4, 0.5) is 0 Å². The van der Waals surface area contributed by atoms with E-state index in [1.807, 2.05) is 6.92 Å². The maximum atomic E-state index is 5.54. The molecule has 1 aromatic carbocycles. The topological polar surface area (TPSA) is 21.3 Å². The van der Waals surface area contributed by atoms with E-state index in [2.05, 4.69) is 51.2 Å². The molecule has 0 aliphatic rings. The van der Waals surface area contributed by atoms with Gasteiger partial charge in [-0.1, -0.05) is 32.0 Å². The highest BCUT2D eigenvalue weighted by molar-refractivity contribution is 5.33. The summed E-state index contributed by atoms with van der Waals surface area (Å²) in [6.07, 6.45) is 0. The van der Waals surface area contributed by atoms with Crippen LogP contribution in [0.5, 0.6) is 0 Å². The number of ether oxygens (including phenoxy) is 1. The lowest BCUT2D eigenvalue weighted by atomic mass is 10.0. The number of aryl methyl sites for hydroxylation is 2. The highest BCUT2D eigenvalue weighted by Gasteiger charge is 2.13. The van der Waals surface area contributed by atoms with Crippen LogP contribution in [0.3, 0.4) is 0 Å². The molecular weight excluding hydrogens is 222 g/mol. The number of hydrogen-bond acceptors (Lipinski definition) is 2. The number of rotatable bonds is 7. The Kier molecular flexibility index (Phi) is 6.37. The Hall–Kier alpha value is -0.860. The van der Waals surface area contributed by atoms with E-state index in [0.717, 1.165) is 19.8 Å². The van der Waals surface area contributed by atoms with Crippen LogP contribution >= 0.6 is 0 Å². The van der Waals surface area contributed by atoms with Crippen LogP contribution in [0.25, 0.3) is 0 Å². The molecular formula is C16H27NO. The van der Waals surface area contributed by atoms with E-state index in [9.17, 15) is 0 Å². The maximum Gasteiger partial charge on any atom is 0.0622 e. The van der Waals surface area contributed by atoms with Gasteiger partial charge in [0.05, 0.1) is 6.61 Å². The Morgan fingerprint density at radius 3 is 2.28 bits per heavy atom. The highest BCUT2D eigenvalue weighted by Crippen LogP contribution is 2.14. The highest BCUT2D eigenvalue weighted by atomic mass is 16.5. The average molecular weight is 249 g/mol. The van der Waals surface area contributed by atoms with Crippen molar-refractivity contribution >= 4 is 0 Å². The zero-order valence-corrected chi connectivity index (χ0v) is 12.4. The summed E-state index contributed by atoms with van der Waals surface area (Å²) in [7, 11) is 0. The van der Waals surface area contributed by atoms with E-state index in [1.54, 1.807) is 0 Å². The van der Waals surface area contributed by atoms with Gasteiger partial charge in [0.15, 0.2) is 0 Å². The minimum absolute atomic E-state index is 0.420. The second-order valence-electron chi connectivity index (χ2n) is 5.26. The normalized spacial score (nSPS) is 13.0. The molecule has 0 amide bonds. The van der Waals surface area contributed by atoms with Crippen molar-refractivity contribution in [3.05, 3.63) is 34.9 Å². The smallest absolute Gasteiger partial charge is 0.0622 e. The first-order valence-electron chi connectivity index (χ1n) is 6.92. The molecule has 1 rings (SSSR count). The number of benzene rings is 1. The van der Waals surface area contributed by atoms with Gasteiger partial charge in [0, 0.05) is 19.2 Å². The van der Waals surface area contributed by atoms with Crippen molar-refractivity contribution in [1.29, 1.82) is 0 Å². The van der Waals surface area contributed by atoms with Crippen LogP contribution in [0.2, 0.25) is 0 Å².